The van der Waals surface area contributed by atoms with Crippen molar-refractivity contribution in [1.29, 1.82) is 0 Å². The zero-order valence-electron chi connectivity index (χ0n) is 22.6. The molecule has 6 rings (SSSR count). The molecule has 0 atom stereocenters. The van der Waals surface area contributed by atoms with E-state index in [4.69, 9.17) is 5.10 Å². The van der Waals surface area contributed by atoms with Gasteiger partial charge in [0, 0.05) is 67.0 Å². The first-order valence-electron chi connectivity index (χ1n) is 13.4. The molecule has 1 aliphatic rings. The minimum atomic E-state index is -0.0337. The van der Waals surface area contributed by atoms with E-state index in [9.17, 15) is 4.79 Å². The molecule has 3 aromatic heterocycles. The van der Waals surface area contributed by atoms with Crippen molar-refractivity contribution in [2.24, 2.45) is 7.05 Å². The second kappa shape index (κ2) is 10.4. The van der Waals surface area contributed by atoms with E-state index in [1.54, 1.807) is 0 Å². The highest BCUT2D eigenvalue weighted by atomic mass is 16.2. The lowest BCUT2D eigenvalue weighted by Gasteiger charge is -2.16. The maximum absolute atomic E-state index is 12.5. The molecule has 0 saturated carbocycles. The number of benzene rings is 2. The Morgan fingerprint density at radius 3 is 2.41 bits per heavy atom. The number of aromatic nitrogens is 4. The number of carbonyl (C=O) groups is 1. The first-order valence-corrected chi connectivity index (χ1v) is 13.4. The molecule has 198 valence electrons. The molecule has 8 heteroatoms. The van der Waals surface area contributed by atoms with Gasteiger partial charge < -0.3 is 20.1 Å². The van der Waals surface area contributed by atoms with Crippen molar-refractivity contribution in [1.82, 2.24) is 29.5 Å². The molecule has 2 N–H and O–H groups in total. The van der Waals surface area contributed by atoms with Gasteiger partial charge >= 0.3 is 6.03 Å². The van der Waals surface area contributed by atoms with Crippen LogP contribution in [0, 0.1) is 0 Å². The lowest BCUT2D eigenvalue weighted by Crippen LogP contribution is -2.32. The largest absolute Gasteiger partial charge is 0.339 e. The number of rotatable bonds is 6. The van der Waals surface area contributed by atoms with Crippen molar-refractivity contribution in [2.45, 2.75) is 19.4 Å². The highest BCUT2D eigenvalue weighted by Gasteiger charge is 2.19. The van der Waals surface area contributed by atoms with E-state index < -0.39 is 0 Å². The Morgan fingerprint density at radius 1 is 0.974 bits per heavy atom. The summed E-state index contributed by atoms with van der Waals surface area (Å²) in [5.41, 5.74) is 9.04. The number of likely N-dealkylation sites (tertiary alicyclic amines) is 1. The Hall–Kier alpha value is -4.43. The van der Waals surface area contributed by atoms with Crippen LogP contribution in [0.2, 0.25) is 0 Å². The third-order valence-corrected chi connectivity index (χ3v) is 7.22. The van der Waals surface area contributed by atoms with E-state index in [-0.39, 0.29) is 6.03 Å². The lowest BCUT2D eigenvalue weighted by molar-refractivity contribution is 0.222. The lowest BCUT2D eigenvalue weighted by atomic mass is 10.00. The first kappa shape index (κ1) is 24.9. The molecule has 0 radical (unpaired) electrons. The molecular formula is C31H33N7O. The van der Waals surface area contributed by atoms with Crippen molar-refractivity contribution in [3.63, 3.8) is 0 Å². The minimum Gasteiger partial charge on any atom is -0.339 e. The van der Waals surface area contributed by atoms with Crippen molar-refractivity contribution >= 4 is 22.8 Å². The molecule has 0 unspecified atom stereocenters. The number of nitrogens with one attached hydrogen (secondary N) is 2. The summed E-state index contributed by atoms with van der Waals surface area (Å²) in [5.74, 6) is 0. The number of aryl methyl sites for hydroxylation is 1. The third kappa shape index (κ3) is 5.15. The number of H-pyrrole nitrogens is 1. The van der Waals surface area contributed by atoms with E-state index in [1.807, 2.05) is 53.2 Å². The molecule has 1 saturated heterocycles. The molecule has 4 heterocycles. The van der Waals surface area contributed by atoms with Crippen LogP contribution in [0.25, 0.3) is 44.7 Å². The van der Waals surface area contributed by atoms with E-state index in [1.165, 1.54) is 5.56 Å². The fraction of sp³-hybridized carbons (Fsp3) is 0.258. The predicted molar refractivity (Wildman–Crippen MR) is 156 cm³/mol. The van der Waals surface area contributed by atoms with Crippen LogP contribution in [0.4, 0.5) is 10.5 Å². The summed E-state index contributed by atoms with van der Waals surface area (Å²) in [7, 11) is 6.09. The maximum Gasteiger partial charge on any atom is 0.321 e. The second-order valence-electron chi connectivity index (χ2n) is 10.5. The SMILES string of the molecule is CN(C)Cc1ccc(-c2cc3c(-c4cn(C)nc4-c4ccc(NC(=O)N5CCCC5)cc4)ccnc3[nH]2)cc1. The fourth-order valence-electron chi connectivity index (χ4n) is 5.31. The van der Waals surface area contributed by atoms with Gasteiger partial charge in [-0.15, -0.1) is 0 Å². The number of nitrogens with zero attached hydrogens (tertiary/aromatic N) is 5. The van der Waals surface area contributed by atoms with Crippen LogP contribution in [-0.2, 0) is 13.6 Å². The fourth-order valence-corrected chi connectivity index (χ4v) is 5.31. The van der Waals surface area contributed by atoms with Crippen LogP contribution in [0.5, 0.6) is 0 Å². The van der Waals surface area contributed by atoms with Crippen molar-refractivity contribution in [3.05, 3.63) is 78.6 Å². The number of anilines is 1. The smallest absolute Gasteiger partial charge is 0.321 e. The zero-order valence-corrected chi connectivity index (χ0v) is 22.6. The number of fused-ring (bicyclic) bond motifs is 1. The van der Waals surface area contributed by atoms with E-state index >= 15 is 0 Å². The number of carbonyl (C=O) groups excluding carboxylic acids is 1. The normalized spacial score (nSPS) is 13.5. The van der Waals surface area contributed by atoms with E-state index in [0.29, 0.717) is 0 Å². The summed E-state index contributed by atoms with van der Waals surface area (Å²) in [6, 6.07) is 20.8. The standard InChI is InChI=1S/C31H33N7O/c1-36(2)19-21-6-8-22(9-7-21)28-18-26-25(14-15-32-30(26)34-28)27-20-37(3)35-29(27)23-10-12-24(13-11-23)33-31(39)38-16-4-5-17-38/h6-15,18,20H,4-5,16-17,19H2,1-3H3,(H,32,34)(H,33,39). The summed E-state index contributed by atoms with van der Waals surface area (Å²) >= 11 is 0. The van der Waals surface area contributed by atoms with Crippen molar-refractivity contribution in [2.75, 3.05) is 32.5 Å². The van der Waals surface area contributed by atoms with Gasteiger partial charge in [0.25, 0.3) is 0 Å². The van der Waals surface area contributed by atoms with E-state index in [2.05, 4.69) is 70.8 Å². The summed E-state index contributed by atoms with van der Waals surface area (Å²) in [6.45, 7) is 2.56. The Labute approximate surface area is 228 Å². The topological polar surface area (TPSA) is 82.1 Å². The van der Waals surface area contributed by atoms with Crippen LogP contribution in [0.1, 0.15) is 18.4 Å². The van der Waals surface area contributed by atoms with Gasteiger partial charge in [0.05, 0.1) is 0 Å². The Bertz CT molecular complexity index is 1610. The first-order chi connectivity index (χ1) is 18.9. The quantitative estimate of drug-likeness (QED) is 0.289. The molecule has 39 heavy (non-hydrogen) atoms. The van der Waals surface area contributed by atoms with Gasteiger partial charge in [-0.25, -0.2) is 9.78 Å². The molecule has 2 amide bonds. The highest BCUT2D eigenvalue weighted by molar-refractivity contribution is 5.99. The molecule has 0 aliphatic carbocycles. The van der Waals surface area contributed by atoms with Gasteiger partial charge in [-0.2, -0.15) is 5.10 Å². The van der Waals surface area contributed by atoms with Crippen LogP contribution in [0.15, 0.2) is 73.1 Å². The summed E-state index contributed by atoms with van der Waals surface area (Å²) < 4.78 is 1.84. The molecule has 1 fully saturated rings. The number of aromatic amines is 1. The summed E-state index contributed by atoms with van der Waals surface area (Å²) in [4.78, 5) is 24.6. The Balaban J connectivity index is 1.30. The van der Waals surface area contributed by atoms with E-state index in [0.717, 1.165) is 82.8 Å². The number of pyridine rings is 1. The van der Waals surface area contributed by atoms with Gasteiger partial charge in [0.2, 0.25) is 0 Å². The summed E-state index contributed by atoms with van der Waals surface area (Å²) in [5, 5.41) is 8.87. The van der Waals surface area contributed by atoms with Gasteiger partial charge in [0.15, 0.2) is 0 Å². The maximum atomic E-state index is 12.5. The zero-order chi connectivity index (χ0) is 26.9. The molecule has 0 spiro atoms. The number of hydrogen-bond acceptors (Lipinski definition) is 4. The molecule has 8 nitrogen and oxygen atoms in total. The molecule has 0 bridgehead atoms. The predicted octanol–water partition coefficient (Wildman–Crippen LogP) is 5.99. The van der Waals surface area contributed by atoms with Crippen LogP contribution in [-0.4, -0.2) is 62.8 Å². The van der Waals surface area contributed by atoms with Crippen LogP contribution < -0.4 is 5.32 Å². The van der Waals surface area contributed by atoms with Gasteiger partial charge in [0.1, 0.15) is 11.3 Å². The third-order valence-electron chi connectivity index (χ3n) is 7.22. The van der Waals surface area contributed by atoms with Gasteiger partial charge in [-0.1, -0.05) is 36.4 Å². The van der Waals surface area contributed by atoms with Crippen molar-refractivity contribution < 1.29 is 4.79 Å². The molecule has 2 aromatic carbocycles. The van der Waals surface area contributed by atoms with Gasteiger partial charge in [-0.05, 0) is 67.9 Å². The average molecular weight is 520 g/mol. The Kier molecular flexibility index (Phi) is 6.62. The highest BCUT2D eigenvalue weighted by Crippen LogP contribution is 2.37. The number of amides is 2. The Morgan fingerprint density at radius 2 is 1.69 bits per heavy atom. The monoisotopic (exact) mass is 519 g/mol. The van der Waals surface area contributed by atoms with Crippen molar-refractivity contribution in [3.8, 4) is 33.6 Å². The van der Waals surface area contributed by atoms with Crippen LogP contribution >= 0.6 is 0 Å². The minimum absolute atomic E-state index is 0.0337. The summed E-state index contributed by atoms with van der Waals surface area (Å²) in [6.07, 6.45) is 6.04. The number of urea groups is 1. The van der Waals surface area contributed by atoms with Crippen LogP contribution in [0.3, 0.4) is 0 Å². The molecule has 5 aromatic rings. The van der Waals surface area contributed by atoms with Gasteiger partial charge in [-0.3, -0.25) is 4.68 Å². The molecular weight excluding hydrogens is 486 g/mol. The molecule has 1 aliphatic heterocycles. The average Bonchev–Trinajstić information content (AvgIpc) is 3.69. The second-order valence-corrected chi connectivity index (χ2v) is 10.5. The number of hydrogen-bond donors (Lipinski definition) is 2.